The lowest BCUT2D eigenvalue weighted by Gasteiger charge is -2.36. The summed E-state index contributed by atoms with van der Waals surface area (Å²) in [5.74, 6) is -2.14. The average Bonchev–Trinajstić information content (AvgIpc) is 2.69. The highest BCUT2D eigenvalue weighted by atomic mass is 79.9. The van der Waals surface area contributed by atoms with Crippen molar-refractivity contribution >= 4 is 22.0 Å². The normalized spacial score (nSPS) is 25.8. The van der Waals surface area contributed by atoms with Crippen LogP contribution < -0.4 is 4.74 Å². The van der Waals surface area contributed by atoms with Crippen molar-refractivity contribution in [3.8, 4) is 5.75 Å². The predicted octanol–water partition coefficient (Wildman–Crippen LogP) is 3.74. The molecule has 2 heterocycles. The van der Waals surface area contributed by atoms with Crippen LogP contribution in [-0.2, 0) is 9.47 Å². The molecule has 0 N–H and O–H groups in total. The summed E-state index contributed by atoms with van der Waals surface area (Å²) in [5, 5.41) is 0. The van der Waals surface area contributed by atoms with E-state index < -0.39 is 41.3 Å². The fraction of sp³-hybridized carbons (Fsp3) is 0.588. The van der Waals surface area contributed by atoms with E-state index in [2.05, 4.69) is 15.9 Å². The van der Waals surface area contributed by atoms with Gasteiger partial charge < -0.3 is 19.1 Å². The molecule has 2 saturated heterocycles. The fourth-order valence-corrected chi connectivity index (χ4v) is 3.46. The molecule has 3 rings (SSSR count). The maximum absolute atomic E-state index is 14.0. The Labute approximate surface area is 153 Å². The van der Waals surface area contributed by atoms with Crippen LogP contribution in [0.25, 0.3) is 0 Å². The number of amides is 1. The number of carbonyl (C=O) groups excluding carboxylic acids is 1. The van der Waals surface area contributed by atoms with Crippen molar-refractivity contribution in [1.29, 1.82) is 0 Å². The third-order valence-electron chi connectivity index (χ3n) is 4.08. The molecule has 25 heavy (non-hydrogen) atoms. The average molecular weight is 420 g/mol. The standard InChI is InChI=1S/C17H20BrF2NO4/c1-17(2,3)25-16(22)21-6-9-8-23-13(7-21)14(9)24-15-11(19)4-10(18)5-12(15)20/h4-5,9,13-14H,6-8H2,1-3H3. The van der Waals surface area contributed by atoms with Crippen LogP contribution in [0.15, 0.2) is 16.6 Å². The topological polar surface area (TPSA) is 48.0 Å². The maximum Gasteiger partial charge on any atom is 0.410 e. The quantitative estimate of drug-likeness (QED) is 0.732. The second-order valence-electron chi connectivity index (χ2n) is 7.30. The molecule has 1 aromatic carbocycles. The lowest BCUT2D eigenvalue weighted by molar-refractivity contribution is -0.0193. The molecule has 138 valence electrons. The summed E-state index contributed by atoms with van der Waals surface area (Å²) >= 11 is 3.04. The molecule has 0 spiro atoms. The minimum absolute atomic E-state index is 0.172. The van der Waals surface area contributed by atoms with E-state index in [4.69, 9.17) is 14.2 Å². The van der Waals surface area contributed by atoms with Gasteiger partial charge >= 0.3 is 6.09 Å². The first-order valence-electron chi connectivity index (χ1n) is 8.05. The number of halogens is 3. The van der Waals surface area contributed by atoms with E-state index in [1.54, 1.807) is 25.7 Å². The number of likely N-dealkylation sites (tertiary alicyclic amines) is 1. The van der Waals surface area contributed by atoms with E-state index in [0.717, 1.165) is 12.1 Å². The van der Waals surface area contributed by atoms with Crippen LogP contribution >= 0.6 is 15.9 Å². The Hall–Kier alpha value is -1.41. The van der Waals surface area contributed by atoms with Crippen LogP contribution in [0.4, 0.5) is 13.6 Å². The Balaban J connectivity index is 1.71. The summed E-state index contributed by atoms with van der Waals surface area (Å²) in [5.41, 5.74) is -0.589. The van der Waals surface area contributed by atoms with Crippen LogP contribution in [0, 0.1) is 17.6 Å². The molecule has 0 aromatic heterocycles. The van der Waals surface area contributed by atoms with Crippen molar-refractivity contribution in [2.75, 3.05) is 19.7 Å². The van der Waals surface area contributed by atoms with Crippen LogP contribution in [-0.4, -0.2) is 48.5 Å². The predicted molar refractivity (Wildman–Crippen MR) is 89.5 cm³/mol. The molecule has 0 saturated carbocycles. The lowest BCUT2D eigenvalue weighted by Crippen LogP contribution is -2.53. The van der Waals surface area contributed by atoms with Gasteiger partial charge in [-0.3, -0.25) is 0 Å². The highest BCUT2D eigenvalue weighted by Gasteiger charge is 2.47. The molecule has 1 amide bonds. The second kappa shape index (κ2) is 6.72. The molecule has 2 aliphatic rings. The molecule has 3 unspecified atom stereocenters. The summed E-state index contributed by atoms with van der Waals surface area (Å²) in [7, 11) is 0. The van der Waals surface area contributed by atoms with Crippen molar-refractivity contribution in [1.82, 2.24) is 4.90 Å². The number of nitrogens with zero attached hydrogens (tertiary/aromatic N) is 1. The highest BCUT2D eigenvalue weighted by molar-refractivity contribution is 9.10. The van der Waals surface area contributed by atoms with Crippen LogP contribution in [0.3, 0.4) is 0 Å². The van der Waals surface area contributed by atoms with Crippen molar-refractivity contribution in [2.24, 2.45) is 5.92 Å². The zero-order valence-electron chi connectivity index (χ0n) is 14.2. The van der Waals surface area contributed by atoms with Crippen LogP contribution in [0.1, 0.15) is 20.8 Å². The van der Waals surface area contributed by atoms with Gasteiger partial charge in [-0.15, -0.1) is 0 Å². The summed E-state index contributed by atoms with van der Waals surface area (Å²) in [6, 6.07) is 2.30. The monoisotopic (exact) mass is 419 g/mol. The number of fused-ring (bicyclic) bond motifs is 2. The SMILES string of the molecule is CC(C)(C)OC(=O)N1CC2COC(C1)C2Oc1c(F)cc(Br)cc1F. The summed E-state index contributed by atoms with van der Waals surface area (Å²) in [4.78, 5) is 13.8. The molecular formula is C17H20BrF2NO4. The van der Waals surface area contributed by atoms with E-state index in [0.29, 0.717) is 17.6 Å². The third-order valence-corrected chi connectivity index (χ3v) is 4.54. The van der Waals surface area contributed by atoms with Crippen molar-refractivity contribution in [3.05, 3.63) is 28.2 Å². The molecule has 0 radical (unpaired) electrons. The third kappa shape index (κ3) is 4.06. The van der Waals surface area contributed by atoms with Crippen molar-refractivity contribution in [3.63, 3.8) is 0 Å². The van der Waals surface area contributed by atoms with Gasteiger partial charge in [0.15, 0.2) is 17.4 Å². The van der Waals surface area contributed by atoms with Crippen molar-refractivity contribution < 1.29 is 27.8 Å². The van der Waals surface area contributed by atoms with Gasteiger partial charge in [-0.25, -0.2) is 13.6 Å². The Morgan fingerprint density at radius 3 is 2.48 bits per heavy atom. The number of rotatable bonds is 2. The molecule has 2 aliphatic heterocycles. The van der Waals surface area contributed by atoms with Crippen LogP contribution in [0.2, 0.25) is 0 Å². The minimum Gasteiger partial charge on any atom is -0.481 e. The Morgan fingerprint density at radius 2 is 1.92 bits per heavy atom. The smallest absolute Gasteiger partial charge is 0.410 e. The van der Waals surface area contributed by atoms with E-state index in [9.17, 15) is 13.6 Å². The van der Waals surface area contributed by atoms with Gasteiger partial charge in [0.25, 0.3) is 0 Å². The van der Waals surface area contributed by atoms with Gasteiger partial charge in [-0.2, -0.15) is 0 Å². The van der Waals surface area contributed by atoms with Gasteiger partial charge in [-0.1, -0.05) is 15.9 Å². The molecule has 1 aromatic rings. The van der Waals surface area contributed by atoms with E-state index in [1.807, 2.05) is 0 Å². The second-order valence-corrected chi connectivity index (χ2v) is 8.21. The van der Waals surface area contributed by atoms with Crippen molar-refractivity contribution in [2.45, 2.75) is 38.6 Å². The summed E-state index contributed by atoms with van der Waals surface area (Å²) < 4.78 is 45.0. The molecule has 3 atom stereocenters. The minimum atomic E-state index is -0.777. The Bertz CT molecular complexity index is 642. The van der Waals surface area contributed by atoms with Crippen LogP contribution in [0.5, 0.6) is 5.75 Å². The largest absolute Gasteiger partial charge is 0.481 e. The molecule has 5 nitrogen and oxygen atoms in total. The van der Waals surface area contributed by atoms with Gasteiger partial charge in [0.1, 0.15) is 17.8 Å². The van der Waals surface area contributed by atoms with E-state index in [1.165, 1.54) is 0 Å². The fourth-order valence-electron chi connectivity index (χ4n) is 3.05. The number of piperidine rings is 1. The molecule has 8 heteroatoms. The number of hydrogen-bond acceptors (Lipinski definition) is 4. The van der Waals surface area contributed by atoms with Gasteiger partial charge in [0, 0.05) is 16.9 Å². The first-order chi connectivity index (χ1) is 11.6. The first-order valence-corrected chi connectivity index (χ1v) is 8.84. The van der Waals surface area contributed by atoms with E-state index >= 15 is 0 Å². The number of hydrogen-bond donors (Lipinski definition) is 0. The molecule has 2 bridgehead atoms. The summed E-state index contributed by atoms with van der Waals surface area (Å²) in [6.07, 6.45) is -1.38. The zero-order valence-corrected chi connectivity index (χ0v) is 15.8. The molecular weight excluding hydrogens is 400 g/mol. The van der Waals surface area contributed by atoms with Gasteiger partial charge in [0.2, 0.25) is 0 Å². The lowest BCUT2D eigenvalue weighted by atomic mass is 9.96. The zero-order chi connectivity index (χ0) is 18.4. The Morgan fingerprint density at radius 1 is 1.28 bits per heavy atom. The number of carbonyl (C=O) groups is 1. The number of ether oxygens (including phenoxy) is 3. The highest BCUT2D eigenvalue weighted by Crippen LogP contribution is 2.34. The van der Waals surface area contributed by atoms with Gasteiger partial charge in [-0.05, 0) is 32.9 Å². The maximum atomic E-state index is 14.0. The molecule has 2 fully saturated rings. The molecule has 0 aliphatic carbocycles. The number of benzene rings is 1. The summed E-state index contributed by atoms with van der Waals surface area (Å²) in [6.45, 7) is 6.38. The van der Waals surface area contributed by atoms with Gasteiger partial charge in [0.05, 0.1) is 13.2 Å². The Kier molecular flexibility index (Phi) is 4.94. The van der Waals surface area contributed by atoms with E-state index in [-0.39, 0.29) is 12.5 Å². The first kappa shape index (κ1) is 18.4.